The van der Waals surface area contributed by atoms with Crippen molar-refractivity contribution in [2.75, 3.05) is 18.4 Å². The molecule has 13 nitrogen and oxygen atoms in total. The second-order valence-electron chi connectivity index (χ2n) is 9.52. The maximum atomic E-state index is 13.2. The van der Waals surface area contributed by atoms with E-state index < -0.39 is 48.0 Å². The van der Waals surface area contributed by atoms with Crippen LogP contribution in [-0.4, -0.2) is 74.7 Å². The van der Waals surface area contributed by atoms with Crippen LogP contribution in [0, 0.1) is 0 Å². The maximum Gasteiger partial charge on any atom is 0.326 e. The van der Waals surface area contributed by atoms with E-state index in [1.807, 2.05) is 0 Å². The molecule has 0 unspecified atom stereocenters. The first-order valence-corrected chi connectivity index (χ1v) is 13.0. The van der Waals surface area contributed by atoms with Crippen LogP contribution in [0.15, 0.2) is 48.9 Å². The lowest BCUT2D eigenvalue weighted by atomic mass is 9.82. The number of amides is 2. The number of benzene rings is 2. The lowest BCUT2D eigenvalue weighted by Crippen LogP contribution is -2.53. The van der Waals surface area contributed by atoms with Gasteiger partial charge in [-0.2, -0.15) is 0 Å². The summed E-state index contributed by atoms with van der Waals surface area (Å²) in [5, 5.41) is 27.8. The van der Waals surface area contributed by atoms with Gasteiger partial charge in [-0.3, -0.25) is 19.2 Å². The topological polar surface area (TPSA) is 217 Å². The number of nitrogens with zero attached hydrogens (tertiary/aromatic N) is 1. The molecular formula is C28H30N6O7. The Bertz CT molecular complexity index is 1470. The molecule has 0 aliphatic heterocycles. The van der Waals surface area contributed by atoms with E-state index in [1.165, 1.54) is 36.8 Å². The number of hydrogen-bond donors (Lipinski definition) is 7. The smallest absolute Gasteiger partial charge is 0.326 e. The molecule has 0 bridgehead atoms. The first kappa shape index (κ1) is 29.0. The fourth-order valence-electron chi connectivity index (χ4n) is 4.62. The van der Waals surface area contributed by atoms with Gasteiger partial charge in [0.25, 0.3) is 0 Å². The quantitative estimate of drug-likeness (QED) is 0.0895. The van der Waals surface area contributed by atoms with Crippen molar-refractivity contribution in [3.63, 3.8) is 0 Å². The largest absolute Gasteiger partial charge is 0.507 e. The number of unbranched alkanes of at least 4 members (excludes halogenated alkanes) is 1. The van der Waals surface area contributed by atoms with E-state index in [9.17, 15) is 34.2 Å². The van der Waals surface area contributed by atoms with Gasteiger partial charge in [-0.15, -0.1) is 0 Å². The van der Waals surface area contributed by atoms with Gasteiger partial charge in [0, 0.05) is 35.1 Å². The highest BCUT2D eigenvalue weighted by atomic mass is 16.4. The predicted molar refractivity (Wildman–Crippen MR) is 147 cm³/mol. The summed E-state index contributed by atoms with van der Waals surface area (Å²) in [5.41, 5.74) is 6.29. The van der Waals surface area contributed by atoms with Crippen molar-refractivity contribution in [3.05, 3.63) is 76.9 Å². The number of carbonyl (C=O) groups excluding carboxylic acids is 4. The number of ketones is 2. The lowest BCUT2D eigenvalue weighted by molar-refractivity contribution is -0.142. The number of aromatic nitrogens is 2. The molecule has 2 aromatic carbocycles. The number of rotatable bonds is 13. The molecule has 0 saturated carbocycles. The third-order valence-corrected chi connectivity index (χ3v) is 6.69. The molecule has 4 rings (SSSR count). The van der Waals surface area contributed by atoms with Crippen LogP contribution in [0.2, 0.25) is 0 Å². The minimum absolute atomic E-state index is 0.00505. The van der Waals surface area contributed by atoms with Crippen LogP contribution >= 0.6 is 0 Å². The van der Waals surface area contributed by atoms with Crippen LogP contribution in [-0.2, 0) is 20.8 Å². The predicted octanol–water partition coefficient (Wildman–Crippen LogP) is 0.729. The van der Waals surface area contributed by atoms with Crippen molar-refractivity contribution in [2.24, 2.45) is 5.73 Å². The number of hydrogen-bond acceptors (Lipinski definition) is 9. The van der Waals surface area contributed by atoms with E-state index in [0.29, 0.717) is 25.1 Å². The Balaban J connectivity index is 1.49. The monoisotopic (exact) mass is 562 g/mol. The average Bonchev–Trinajstić information content (AvgIpc) is 3.47. The third-order valence-electron chi connectivity index (χ3n) is 6.69. The molecule has 0 saturated heterocycles. The van der Waals surface area contributed by atoms with Gasteiger partial charge in [-0.25, -0.2) is 9.78 Å². The van der Waals surface area contributed by atoms with Gasteiger partial charge in [0.15, 0.2) is 11.6 Å². The summed E-state index contributed by atoms with van der Waals surface area (Å²) in [6, 6.07) is 6.58. The van der Waals surface area contributed by atoms with Crippen LogP contribution in [0.25, 0.3) is 0 Å². The lowest BCUT2D eigenvalue weighted by Gasteiger charge is -2.23. The average molecular weight is 563 g/mol. The number of nitrogens with one attached hydrogen (secondary N) is 4. The molecule has 0 radical (unpaired) electrons. The summed E-state index contributed by atoms with van der Waals surface area (Å²) >= 11 is 0. The van der Waals surface area contributed by atoms with Gasteiger partial charge in [0.1, 0.15) is 17.8 Å². The van der Waals surface area contributed by atoms with E-state index >= 15 is 0 Å². The molecule has 2 amide bonds. The van der Waals surface area contributed by atoms with Gasteiger partial charge in [-0.1, -0.05) is 24.3 Å². The number of aromatic amines is 1. The molecular weight excluding hydrogens is 532 g/mol. The van der Waals surface area contributed by atoms with Gasteiger partial charge in [0.05, 0.1) is 24.0 Å². The molecule has 8 N–H and O–H groups in total. The van der Waals surface area contributed by atoms with E-state index in [0.717, 1.165) is 0 Å². The van der Waals surface area contributed by atoms with Crippen LogP contribution in [0.3, 0.4) is 0 Å². The Kier molecular flexibility index (Phi) is 9.09. The Labute approximate surface area is 234 Å². The van der Waals surface area contributed by atoms with Crippen molar-refractivity contribution in [1.82, 2.24) is 20.6 Å². The number of phenols is 1. The maximum absolute atomic E-state index is 13.2. The highest BCUT2D eigenvalue weighted by Crippen LogP contribution is 2.36. The second-order valence-corrected chi connectivity index (χ2v) is 9.52. The zero-order chi connectivity index (χ0) is 29.5. The van der Waals surface area contributed by atoms with E-state index in [1.54, 1.807) is 12.1 Å². The Hall–Kier alpha value is -5.04. The Morgan fingerprint density at radius 3 is 2.29 bits per heavy atom. The molecule has 41 heavy (non-hydrogen) atoms. The highest BCUT2D eigenvalue weighted by molar-refractivity contribution is 6.31. The number of nitrogens with two attached hydrogens (primary N) is 1. The zero-order valence-electron chi connectivity index (χ0n) is 22.0. The molecule has 0 fully saturated rings. The van der Waals surface area contributed by atoms with Crippen LogP contribution < -0.4 is 21.7 Å². The second kappa shape index (κ2) is 12.9. The zero-order valence-corrected chi connectivity index (χ0v) is 22.0. The molecule has 13 heteroatoms. The molecule has 1 aliphatic rings. The van der Waals surface area contributed by atoms with Gasteiger partial charge >= 0.3 is 5.97 Å². The summed E-state index contributed by atoms with van der Waals surface area (Å²) < 4.78 is 0. The van der Waals surface area contributed by atoms with Crippen molar-refractivity contribution < 1.29 is 34.2 Å². The first-order valence-electron chi connectivity index (χ1n) is 13.0. The van der Waals surface area contributed by atoms with Crippen molar-refractivity contribution in [2.45, 2.75) is 37.8 Å². The molecule has 3 aromatic rings. The number of imidazole rings is 1. The first-order chi connectivity index (χ1) is 19.7. The summed E-state index contributed by atoms with van der Waals surface area (Å²) in [7, 11) is 0. The summed E-state index contributed by atoms with van der Waals surface area (Å²) in [4.78, 5) is 70.8. The fourth-order valence-corrected chi connectivity index (χ4v) is 4.62. The molecule has 2 atom stereocenters. The number of phenolic OH excluding ortho intramolecular Hbond substituents is 1. The number of carboxylic acid groups (broad SMARTS) is 1. The van der Waals surface area contributed by atoms with Crippen molar-refractivity contribution in [3.8, 4) is 5.75 Å². The summed E-state index contributed by atoms with van der Waals surface area (Å²) in [6.07, 6.45) is 4.16. The minimum atomic E-state index is -1.21. The number of fused-ring (bicyclic) bond motifs is 2. The van der Waals surface area contributed by atoms with Crippen LogP contribution in [0.5, 0.6) is 5.75 Å². The van der Waals surface area contributed by atoms with Gasteiger partial charge in [0.2, 0.25) is 11.8 Å². The van der Waals surface area contributed by atoms with Gasteiger partial charge in [-0.05, 0) is 37.9 Å². The summed E-state index contributed by atoms with van der Waals surface area (Å²) in [6.45, 7) is -0.00571. The van der Waals surface area contributed by atoms with E-state index in [2.05, 4.69) is 25.9 Å². The van der Waals surface area contributed by atoms with E-state index in [-0.39, 0.29) is 46.5 Å². The summed E-state index contributed by atoms with van der Waals surface area (Å²) in [5.74, 6) is -3.92. The van der Waals surface area contributed by atoms with Crippen LogP contribution in [0.1, 0.15) is 56.8 Å². The molecule has 214 valence electrons. The number of carboxylic acids is 1. The third kappa shape index (κ3) is 6.58. The number of anilines is 1. The van der Waals surface area contributed by atoms with E-state index in [4.69, 9.17) is 5.73 Å². The minimum Gasteiger partial charge on any atom is -0.507 e. The number of aromatic hydroxyl groups is 1. The number of H-pyrrole nitrogens is 1. The standard InChI is InChI=1S/C28H30N6O7/c29-10-4-3-7-19(28(40)41)34-27(39)20(11-15-12-30-14-32-15)33-22(36)13-31-18-8-9-21(35)24-23(18)25(37)16-5-1-2-6-17(16)26(24)38/h1-2,5-6,8-9,12,14,19-20,31,35H,3-4,7,10-11,13,29H2,(H,30,32)(H,33,36)(H,34,39)(H,40,41)/t19-,20-/m0/s1. The molecule has 1 aliphatic carbocycles. The Morgan fingerprint density at radius 1 is 0.951 bits per heavy atom. The molecule has 0 spiro atoms. The van der Waals surface area contributed by atoms with Gasteiger partial charge < -0.3 is 36.9 Å². The molecule has 1 aromatic heterocycles. The van der Waals surface area contributed by atoms with Crippen molar-refractivity contribution in [1.29, 1.82) is 0 Å². The number of aliphatic carboxylic acids is 1. The highest BCUT2D eigenvalue weighted by Gasteiger charge is 2.34. The normalized spacial score (nSPS) is 13.5. The van der Waals surface area contributed by atoms with Crippen molar-refractivity contribution >= 4 is 35.0 Å². The Morgan fingerprint density at radius 2 is 1.66 bits per heavy atom. The van der Waals surface area contributed by atoms with Crippen LogP contribution in [0.4, 0.5) is 5.69 Å². The number of carbonyl (C=O) groups is 5. The molecule has 1 heterocycles. The SMILES string of the molecule is NCCCC[C@H](NC(=O)[C@H](Cc1cnc[nH]1)NC(=O)CNc1ccc(O)c2c1C(=O)c1ccccc1C2=O)C(=O)O. The fraction of sp³-hybridized carbons (Fsp3) is 0.286.